The quantitative estimate of drug-likeness (QED) is 0.616. The van der Waals surface area contributed by atoms with Crippen LogP contribution in [0.25, 0.3) is 11.2 Å². The first kappa shape index (κ1) is 10.4. The number of nitrogens with zero attached hydrogens (tertiary/aromatic N) is 4. The molecular formula is C10H8N6O2. The number of aromatic nitrogens is 6. The van der Waals surface area contributed by atoms with Crippen molar-refractivity contribution in [1.29, 1.82) is 0 Å². The van der Waals surface area contributed by atoms with Gasteiger partial charge in [0.2, 0.25) is 0 Å². The molecule has 18 heavy (non-hydrogen) atoms. The number of imidazole rings is 1. The molecule has 8 heteroatoms. The molecule has 0 radical (unpaired) electrons. The minimum Gasteiger partial charge on any atom is -0.339 e. The van der Waals surface area contributed by atoms with E-state index in [-0.39, 0.29) is 17.7 Å². The van der Waals surface area contributed by atoms with E-state index in [9.17, 15) is 9.59 Å². The second-order valence-corrected chi connectivity index (χ2v) is 3.70. The Morgan fingerprint density at radius 3 is 2.94 bits per heavy atom. The molecule has 3 aromatic rings. The average molecular weight is 244 g/mol. The third-order valence-electron chi connectivity index (χ3n) is 2.56. The molecule has 0 saturated carbocycles. The molecule has 2 N–H and O–H groups in total. The van der Waals surface area contributed by atoms with E-state index < -0.39 is 11.2 Å². The molecule has 3 aromatic heterocycles. The van der Waals surface area contributed by atoms with Crippen LogP contribution in [0.4, 0.5) is 0 Å². The van der Waals surface area contributed by atoms with Crippen LogP contribution in [0.5, 0.6) is 0 Å². The van der Waals surface area contributed by atoms with Crippen LogP contribution in [0.2, 0.25) is 0 Å². The minimum atomic E-state index is -0.503. The summed E-state index contributed by atoms with van der Waals surface area (Å²) in [6.07, 6.45) is 4.37. The van der Waals surface area contributed by atoms with Gasteiger partial charge >= 0.3 is 5.69 Å². The molecule has 0 aromatic carbocycles. The minimum absolute atomic E-state index is 0.138. The molecule has 0 aliphatic rings. The monoisotopic (exact) mass is 244 g/mol. The van der Waals surface area contributed by atoms with Crippen LogP contribution >= 0.6 is 0 Å². The first-order valence-electron chi connectivity index (χ1n) is 5.17. The van der Waals surface area contributed by atoms with Crippen molar-refractivity contribution in [3.63, 3.8) is 0 Å². The fourth-order valence-electron chi connectivity index (χ4n) is 1.69. The summed E-state index contributed by atoms with van der Waals surface area (Å²) in [6.45, 7) is 0.138. The smallest absolute Gasteiger partial charge is 0.330 e. The van der Waals surface area contributed by atoms with Crippen molar-refractivity contribution in [1.82, 2.24) is 29.7 Å². The van der Waals surface area contributed by atoms with Crippen molar-refractivity contribution in [3.05, 3.63) is 51.2 Å². The molecule has 0 fully saturated rings. The topological polar surface area (TPSA) is 109 Å². The SMILES string of the molecule is O=c1[nH]c2nc[nH]c2c(=O)n1Cc1ccnnc1. The third kappa shape index (κ3) is 1.59. The molecule has 0 amide bonds. The molecule has 3 heterocycles. The molecule has 0 aliphatic carbocycles. The average Bonchev–Trinajstić information content (AvgIpc) is 2.84. The van der Waals surface area contributed by atoms with Gasteiger partial charge in [-0.25, -0.2) is 9.78 Å². The zero-order chi connectivity index (χ0) is 12.5. The molecule has 0 aliphatic heterocycles. The molecule has 0 saturated heterocycles. The second kappa shape index (κ2) is 3.91. The van der Waals surface area contributed by atoms with Crippen molar-refractivity contribution >= 4 is 11.2 Å². The van der Waals surface area contributed by atoms with E-state index in [2.05, 4.69) is 25.1 Å². The van der Waals surface area contributed by atoms with Crippen molar-refractivity contribution in [2.75, 3.05) is 0 Å². The van der Waals surface area contributed by atoms with E-state index in [1.807, 2.05) is 0 Å². The molecule has 0 bridgehead atoms. The van der Waals surface area contributed by atoms with E-state index >= 15 is 0 Å². The number of fused-ring (bicyclic) bond motifs is 1. The maximum atomic E-state index is 12.1. The van der Waals surface area contributed by atoms with Gasteiger partial charge in [-0.1, -0.05) is 0 Å². The lowest BCUT2D eigenvalue weighted by Gasteiger charge is -2.03. The van der Waals surface area contributed by atoms with Gasteiger partial charge in [-0.15, -0.1) is 0 Å². The maximum Gasteiger partial charge on any atom is 0.330 e. The number of aromatic amines is 2. The standard InChI is InChI=1S/C10H8N6O2/c17-9-7-8(12-5-11-7)15-10(18)16(9)4-6-1-2-13-14-3-6/h1-3,5H,4H2,(H,11,12)(H,15,18). The highest BCUT2D eigenvalue weighted by molar-refractivity contribution is 5.67. The van der Waals surface area contributed by atoms with Gasteiger partial charge in [-0.3, -0.25) is 14.3 Å². The Morgan fingerprint density at radius 2 is 2.17 bits per heavy atom. The summed E-state index contributed by atoms with van der Waals surface area (Å²) in [5, 5.41) is 7.33. The Balaban J connectivity index is 2.18. The molecule has 8 nitrogen and oxygen atoms in total. The van der Waals surface area contributed by atoms with Crippen LogP contribution in [-0.4, -0.2) is 29.7 Å². The normalized spacial score (nSPS) is 10.9. The zero-order valence-corrected chi connectivity index (χ0v) is 9.12. The molecule has 3 rings (SSSR count). The largest absolute Gasteiger partial charge is 0.339 e. The first-order valence-corrected chi connectivity index (χ1v) is 5.17. The van der Waals surface area contributed by atoms with Crippen LogP contribution in [0, 0.1) is 0 Å². The predicted molar refractivity (Wildman–Crippen MR) is 62.1 cm³/mol. The van der Waals surface area contributed by atoms with Crippen molar-refractivity contribution in [2.45, 2.75) is 6.54 Å². The Bertz CT molecular complexity index is 800. The summed E-state index contributed by atoms with van der Waals surface area (Å²) in [7, 11) is 0. The van der Waals surface area contributed by atoms with Gasteiger partial charge in [0.25, 0.3) is 5.56 Å². The third-order valence-corrected chi connectivity index (χ3v) is 2.56. The maximum absolute atomic E-state index is 12.1. The van der Waals surface area contributed by atoms with E-state index in [0.29, 0.717) is 0 Å². The Morgan fingerprint density at radius 1 is 1.28 bits per heavy atom. The highest BCUT2D eigenvalue weighted by atomic mass is 16.2. The molecule has 0 unspecified atom stereocenters. The van der Waals surface area contributed by atoms with Gasteiger partial charge in [0, 0.05) is 6.20 Å². The van der Waals surface area contributed by atoms with Gasteiger partial charge in [0.15, 0.2) is 5.65 Å². The van der Waals surface area contributed by atoms with Gasteiger partial charge < -0.3 is 4.98 Å². The second-order valence-electron chi connectivity index (χ2n) is 3.70. The van der Waals surface area contributed by atoms with Crippen LogP contribution in [0.3, 0.4) is 0 Å². The van der Waals surface area contributed by atoms with Crippen LogP contribution < -0.4 is 11.2 Å². The fraction of sp³-hybridized carbons (Fsp3) is 0.100. The summed E-state index contributed by atoms with van der Waals surface area (Å²) in [4.78, 5) is 32.9. The van der Waals surface area contributed by atoms with Gasteiger partial charge in [-0.2, -0.15) is 10.2 Å². The lowest BCUT2D eigenvalue weighted by atomic mass is 10.3. The van der Waals surface area contributed by atoms with Crippen molar-refractivity contribution in [3.8, 4) is 0 Å². The lowest BCUT2D eigenvalue weighted by molar-refractivity contribution is 0.704. The molecule has 0 atom stereocenters. The fourth-order valence-corrected chi connectivity index (χ4v) is 1.69. The summed E-state index contributed by atoms with van der Waals surface area (Å²) in [6, 6.07) is 1.69. The number of hydrogen-bond acceptors (Lipinski definition) is 5. The Hall–Kier alpha value is -2.77. The summed E-state index contributed by atoms with van der Waals surface area (Å²) in [5.74, 6) is 0. The summed E-state index contributed by atoms with van der Waals surface area (Å²) in [5.41, 5.74) is 0.335. The van der Waals surface area contributed by atoms with E-state index in [4.69, 9.17) is 0 Å². The number of H-pyrrole nitrogens is 2. The number of rotatable bonds is 2. The van der Waals surface area contributed by atoms with Gasteiger partial charge in [-0.05, 0) is 11.6 Å². The predicted octanol–water partition coefficient (Wildman–Crippen LogP) is -0.749. The lowest BCUT2D eigenvalue weighted by Crippen LogP contribution is -2.35. The number of hydrogen-bond donors (Lipinski definition) is 2. The molecular weight excluding hydrogens is 236 g/mol. The first-order chi connectivity index (χ1) is 8.75. The Kier molecular flexibility index (Phi) is 2.26. The van der Waals surface area contributed by atoms with Crippen molar-refractivity contribution in [2.24, 2.45) is 0 Å². The summed E-state index contributed by atoms with van der Waals surface area (Å²) >= 11 is 0. The number of nitrogens with one attached hydrogen (secondary N) is 2. The Labute approximate surface area is 99.3 Å². The van der Waals surface area contributed by atoms with Crippen LogP contribution in [-0.2, 0) is 6.54 Å². The highest BCUT2D eigenvalue weighted by Gasteiger charge is 2.09. The molecule has 0 spiro atoms. The van der Waals surface area contributed by atoms with Gasteiger partial charge in [0.1, 0.15) is 5.52 Å². The van der Waals surface area contributed by atoms with E-state index in [0.717, 1.165) is 10.1 Å². The van der Waals surface area contributed by atoms with Crippen LogP contribution in [0.15, 0.2) is 34.4 Å². The van der Waals surface area contributed by atoms with Crippen LogP contribution in [0.1, 0.15) is 5.56 Å². The van der Waals surface area contributed by atoms with Crippen molar-refractivity contribution < 1.29 is 0 Å². The molecule has 90 valence electrons. The summed E-state index contributed by atoms with van der Waals surface area (Å²) < 4.78 is 1.08. The van der Waals surface area contributed by atoms with E-state index in [1.54, 1.807) is 6.07 Å². The highest BCUT2D eigenvalue weighted by Crippen LogP contribution is 1.98. The zero-order valence-electron chi connectivity index (χ0n) is 9.12. The van der Waals surface area contributed by atoms with E-state index in [1.165, 1.54) is 18.7 Å². The van der Waals surface area contributed by atoms with Gasteiger partial charge in [0.05, 0.1) is 19.1 Å².